The summed E-state index contributed by atoms with van der Waals surface area (Å²) in [5, 5.41) is 3.14. The molecule has 1 aliphatic rings. The van der Waals surface area contributed by atoms with E-state index in [1.807, 2.05) is 11.8 Å². The van der Waals surface area contributed by atoms with Crippen LogP contribution in [0.3, 0.4) is 0 Å². The van der Waals surface area contributed by atoms with Gasteiger partial charge in [-0.2, -0.15) is 0 Å². The van der Waals surface area contributed by atoms with E-state index in [1.165, 1.54) is 0 Å². The van der Waals surface area contributed by atoms with Crippen LogP contribution >= 0.6 is 0 Å². The maximum absolute atomic E-state index is 11.8. The van der Waals surface area contributed by atoms with E-state index in [4.69, 9.17) is 9.47 Å². The van der Waals surface area contributed by atoms with Crippen molar-refractivity contribution in [3.8, 4) is 0 Å². The zero-order valence-corrected chi connectivity index (χ0v) is 10.4. The minimum atomic E-state index is 0.00749. The van der Waals surface area contributed by atoms with Crippen LogP contribution in [0.15, 0.2) is 0 Å². The highest BCUT2D eigenvalue weighted by molar-refractivity contribution is 5.76. The van der Waals surface area contributed by atoms with Crippen LogP contribution in [0.2, 0.25) is 0 Å². The summed E-state index contributed by atoms with van der Waals surface area (Å²) in [6.07, 6.45) is 0.557. The highest BCUT2D eigenvalue weighted by atomic mass is 16.5. The van der Waals surface area contributed by atoms with Crippen molar-refractivity contribution in [2.75, 3.05) is 40.4 Å². The van der Waals surface area contributed by atoms with Gasteiger partial charge >= 0.3 is 0 Å². The quantitative estimate of drug-likeness (QED) is 0.645. The first kappa shape index (κ1) is 13.4. The normalized spacial score (nSPS) is 25.1. The maximum atomic E-state index is 11.8. The Morgan fingerprint density at radius 1 is 1.31 bits per heavy atom. The SMILES string of the molecule is CCNCCC(=O)N1CC(OC)C(OC)C1. The number of ether oxygens (including phenoxy) is 2. The van der Waals surface area contributed by atoms with Crippen LogP contribution in [0, 0.1) is 0 Å². The molecule has 1 aliphatic heterocycles. The lowest BCUT2D eigenvalue weighted by atomic mass is 10.3. The van der Waals surface area contributed by atoms with E-state index in [0.717, 1.165) is 13.1 Å². The van der Waals surface area contributed by atoms with E-state index >= 15 is 0 Å². The number of amides is 1. The molecule has 0 bridgehead atoms. The van der Waals surface area contributed by atoms with Crippen molar-refractivity contribution in [1.29, 1.82) is 0 Å². The molecule has 16 heavy (non-hydrogen) atoms. The summed E-state index contributed by atoms with van der Waals surface area (Å²) in [5.41, 5.74) is 0. The van der Waals surface area contributed by atoms with Gasteiger partial charge in [-0.1, -0.05) is 6.92 Å². The molecule has 0 saturated carbocycles. The topological polar surface area (TPSA) is 50.8 Å². The van der Waals surface area contributed by atoms with E-state index in [9.17, 15) is 4.79 Å². The predicted molar refractivity (Wildman–Crippen MR) is 61.3 cm³/mol. The monoisotopic (exact) mass is 230 g/mol. The van der Waals surface area contributed by atoms with Crippen molar-refractivity contribution in [2.24, 2.45) is 0 Å². The largest absolute Gasteiger partial charge is 0.377 e. The highest BCUT2D eigenvalue weighted by Gasteiger charge is 2.34. The lowest BCUT2D eigenvalue weighted by Crippen LogP contribution is -2.32. The summed E-state index contributed by atoms with van der Waals surface area (Å²) >= 11 is 0. The van der Waals surface area contributed by atoms with E-state index in [-0.39, 0.29) is 18.1 Å². The Morgan fingerprint density at radius 2 is 1.88 bits per heavy atom. The number of carbonyl (C=O) groups excluding carboxylic acids is 1. The predicted octanol–water partition coefficient (Wildman–Crippen LogP) is -0.142. The minimum Gasteiger partial charge on any atom is -0.377 e. The van der Waals surface area contributed by atoms with Gasteiger partial charge in [0.1, 0.15) is 12.2 Å². The van der Waals surface area contributed by atoms with Gasteiger partial charge in [-0.15, -0.1) is 0 Å². The second kappa shape index (κ2) is 6.83. The van der Waals surface area contributed by atoms with Crippen molar-refractivity contribution < 1.29 is 14.3 Å². The second-order valence-electron chi connectivity index (χ2n) is 3.95. The number of rotatable bonds is 6. The van der Waals surface area contributed by atoms with Gasteiger partial charge in [0.25, 0.3) is 0 Å². The molecule has 0 radical (unpaired) electrons. The zero-order valence-electron chi connectivity index (χ0n) is 10.4. The summed E-state index contributed by atoms with van der Waals surface area (Å²) < 4.78 is 10.6. The summed E-state index contributed by atoms with van der Waals surface area (Å²) in [6, 6.07) is 0. The van der Waals surface area contributed by atoms with Crippen LogP contribution in [0.25, 0.3) is 0 Å². The van der Waals surface area contributed by atoms with Gasteiger partial charge in [0.15, 0.2) is 0 Å². The van der Waals surface area contributed by atoms with Gasteiger partial charge in [-0.05, 0) is 6.54 Å². The summed E-state index contributed by atoms with van der Waals surface area (Å²) in [7, 11) is 3.31. The number of hydrogen-bond acceptors (Lipinski definition) is 4. The lowest BCUT2D eigenvalue weighted by molar-refractivity contribution is -0.130. The highest BCUT2D eigenvalue weighted by Crippen LogP contribution is 2.16. The van der Waals surface area contributed by atoms with Crippen molar-refractivity contribution >= 4 is 5.91 Å². The molecule has 2 atom stereocenters. The molecule has 0 aromatic heterocycles. The average Bonchev–Trinajstić information content (AvgIpc) is 2.72. The van der Waals surface area contributed by atoms with E-state index < -0.39 is 0 Å². The van der Waals surface area contributed by atoms with Gasteiger partial charge in [-0.25, -0.2) is 0 Å². The maximum Gasteiger partial charge on any atom is 0.224 e. The Bertz CT molecular complexity index is 211. The number of methoxy groups -OCH3 is 2. The van der Waals surface area contributed by atoms with E-state index in [1.54, 1.807) is 14.2 Å². The molecule has 5 nitrogen and oxygen atoms in total. The molecular weight excluding hydrogens is 208 g/mol. The molecule has 1 saturated heterocycles. The number of likely N-dealkylation sites (tertiary alicyclic amines) is 1. The smallest absolute Gasteiger partial charge is 0.224 e. The van der Waals surface area contributed by atoms with E-state index in [2.05, 4.69) is 5.32 Å². The molecule has 0 aromatic rings. The number of carbonyl (C=O) groups is 1. The van der Waals surface area contributed by atoms with Crippen LogP contribution in [0.1, 0.15) is 13.3 Å². The summed E-state index contributed by atoms with van der Waals surface area (Å²) in [4.78, 5) is 13.6. The van der Waals surface area contributed by atoms with Gasteiger partial charge in [0.05, 0.1) is 0 Å². The number of nitrogens with zero attached hydrogens (tertiary/aromatic N) is 1. The van der Waals surface area contributed by atoms with Crippen LogP contribution in [-0.2, 0) is 14.3 Å². The van der Waals surface area contributed by atoms with Crippen molar-refractivity contribution in [1.82, 2.24) is 10.2 Å². The number of hydrogen-bond donors (Lipinski definition) is 1. The molecule has 0 aromatic carbocycles. The molecule has 1 rings (SSSR count). The van der Waals surface area contributed by atoms with Gasteiger partial charge < -0.3 is 19.7 Å². The Morgan fingerprint density at radius 3 is 2.31 bits per heavy atom. The molecule has 2 unspecified atom stereocenters. The minimum absolute atomic E-state index is 0.00749. The third-order valence-corrected chi connectivity index (χ3v) is 2.94. The molecule has 1 N–H and O–H groups in total. The average molecular weight is 230 g/mol. The van der Waals surface area contributed by atoms with Crippen LogP contribution in [-0.4, -0.2) is 63.4 Å². The summed E-state index contributed by atoms with van der Waals surface area (Å²) in [6.45, 7) is 4.94. The van der Waals surface area contributed by atoms with Crippen LogP contribution < -0.4 is 5.32 Å². The van der Waals surface area contributed by atoms with E-state index in [0.29, 0.717) is 19.5 Å². The van der Waals surface area contributed by atoms with Crippen LogP contribution in [0.4, 0.5) is 0 Å². The molecular formula is C11H22N2O3. The molecule has 1 heterocycles. The molecule has 0 aliphatic carbocycles. The standard InChI is InChI=1S/C11H22N2O3/c1-4-12-6-5-11(14)13-7-9(15-2)10(8-13)16-3/h9-10,12H,4-8H2,1-3H3. The molecule has 5 heteroatoms. The molecule has 1 amide bonds. The Balaban J connectivity index is 2.35. The van der Waals surface area contributed by atoms with Gasteiger partial charge in [-0.3, -0.25) is 4.79 Å². The van der Waals surface area contributed by atoms with Gasteiger partial charge in [0.2, 0.25) is 5.91 Å². The summed E-state index contributed by atoms with van der Waals surface area (Å²) in [5.74, 6) is 0.169. The Hall–Kier alpha value is -0.650. The number of nitrogens with one attached hydrogen (secondary N) is 1. The fourth-order valence-corrected chi connectivity index (χ4v) is 1.93. The Labute approximate surface area is 97.1 Å². The fraction of sp³-hybridized carbons (Fsp3) is 0.909. The van der Waals surface area contributed by atoms with Crippen molar-refractivity contribution in [2.45, 2.75) is 25.6 Å². The second-order valence-corrected chi connectivity index (χ2v) is 3.95. The first-order chi connectivity index (χ1) is 7.72. The van der Waals surface area contributed by atoms with Crippen molar-refractivity contribution in [3.05, 3.63) is 0 Å². The first-order valence-electron chi connectivity index (χ1n) is 5.77. The fourth-order valence-electron chi connectivity index (χ4n) is 1.93. The van der Waals surface area contributed by atoms with Gasteiger partial charge in [0, 0.05) is 40.3 Å². The lowest BCUT2D eigenvalue weighted by Gasteiger charge is -2.15. The first-order valence-corrected chi connectivity index (χ1v) is 5.77. The molecule has 1 fully saturated rings. The van der Waals surface area contributed by atoms with Crippen LogP contribution in [0.5, 0.6) is 0 Å². The van der Waals surface area contributed by atoms with Crippen molar-refractivity contribution in [3.63, 3.8) is 0 Å². The zero-order chi connectivity index (χ0) is 12.0. The Kier molecular flexibility index (Phi) is 5.73. The molecule has 0 spiro atoms. The third kappa shape index (κ3) is 3.43. The third-order valence-electron chi connectivity index (χ3n) is 2.94. The molecule has 94 valence electrons.